The van der Waals surface area contributed by atoms with Crippen molar-refractivity contribution in [3.8, 4) is 0 Å². The molecule has 0 spiro atoms. The highest BCUT2D eigenvalue weighted by Crippen LogP contribution is 2.24. The lowest BCUT2D eigenvalue weighted by Crippen LogP contribution is -2.41. The summed E-state index contributed by atoms with van der Waals surface area (Å²) in [5, 5.41) is 0. The van der Waals surface area contributed by atoms with Gasteiger partial charge in [-0.2, -0.15) is 4.31 Å². The average Bonchev–Trinajstić information content (AvgIpc) is 2.37. The minimum atomic E-state index is -3.20. The Labute approximate surface area is 119 Å². The summed E-state index contributed by atoms with van der Waals surface area (Å²) in [7, 11) is 0.594. The van der Waals surface area contributed by atoms with E-state index in [9.17, 15) is 8.42 Å². The van der Waals surface area contributed by atoms with E-state index in [1.54, 1.807) is 0 Å². The zero-order valence-electron chi connectivity index (χ0n) is 12.2. The summed E-state index contributed by atoms with van der Waals surface area (Å²) < 4.78 is 30.4. The predicted molar refractivity (Wildman–Crippen MR) is 76.2 cm³/mol. The Morgan fingerprint density at radius 3 is 2.70 bits per heavy atom. The fourth-order valence-corrected chi connectivity index (χ4v) is 2.89. The summed E-state index contributed by atoms with van der Waals surface area (Å²) >= 11 is 0. The highest BCUT2D eigenvalue weighted by Gasteiger charge is 2.28. The molecule has 0 aliphatic carbocycles. The minimum absolute atomic E-state index is 0.294. The summed E-state index contributed by atoms with van der Waals surface area (Å²) in [6.45, 7) is 2.87. The summed E-state index contributed by atoms with van der Waals surface area (Å²) in [6, 6.07) is 1.84. The highest BCUT2D eigenvalue weighted by molar-refractivity contribution is 7.88. The van der Waals surface area contributed by atoms with Gasteiger partial charge in [0.2, 0.25) is 10.0 Å². The first kappa shape index (κ1) is 15.1. The normalized spacial score (nSPS) is 20.9. The predicted octanol–water partition coefficient (Wildman–Crippen LogP) is 0.184. The molecule has 0 bridgehead atoms. The van der Waals surface area contributed by atoms with Crippen molar-refractivity contribution in [3.63, 3.8) is 0 Å². The molecule has 0 radical (unpaired) electrons. The zero-order valence-corrected chi connectivity index (χ0v) is 13.0. The molecule has 1 unspecified atom stereocenters. The van der Waals surface area contributed by atoms with Gasteiger partial charge in [0.05, 0.1) is 18.6 Å². The summed E-state index contributed by atoms with van der Waals surface area (Å²) in [5.41, 5.74) is 0.717. The number of hydrogen-bond donors (Lipinski definition) is 0. The van der Waals surface area contributed by atoms with E-state index in [0.29, 0.717) is 25.5 Å². The van der Waals surface area contributed by atoms with Gasteiger partial charge in [-0.05, 0) is 6.92 Å². The lowest BCUT2D eigenvalue weighted by molar-refractivity contribution is -0.00485. The molecule has 8 heteroatoms. The van der Waals surface area contributed by atoms with Crippen LogP contribution in [0.25, 0.3) is 0 Å². The molecule has 20 heavy (non-hydrogen) atoms. The maximum absolute atomic E-state index is 11.6. The Bertz CT molecular complexity index is 588. The van der Waals surface area contributed by atoms with E-state index < -0.39 is 10.0 Å². The molecule has 7 nitrogen and oxygen atoms in total. The van der Waals surface area contributed by atoms with Gasteiger partial charge in [0, 0.05) is 33.3 Å². The van der Waals surface area contributed by atoms with Crippen LogP contribution in [-0.2, 0) is 14.8 Å². The Hall–Kier alpha value is -1.25. The van der Waals surface area contributed by atoms with Gasteiger partial charge >= 0.3 is 0 Å². The van der Waals surface area contributed by atoms with Crippen molar-refractivity contribution >= 4 is 15.8 Å². The molecule has 1 aliphatic heterocycles. The van der Waals surface area contributed by atoms with Gasteiger partial charge in [0.25, 0.3) is 0 Å². The Morgan fingerprint density at radius 2 is 2.10 bits per heavy atom. The average molecular weight is 300 g/mol. The Kier molecular flexibility index (Phi) is 4.26. The molecule has 1 fully saturated rings. The number of rotatable bonds is 3. The van der Waals surface area contributed by atoms with Crippen molar-refractivity contribution in [1.29, 1.82) is 0 Å². The van der Waals surface area contributed by atoms with Crippen LogP contribution < -0.4 is 4.90 Å². The van der Waals surface area contributed by atoms with Crippen molar-refractivity contribution in [2.45, 2.75) is 13.0 Å². The molecule has 2 heterocycles. The van der Waals surface area contributed by atoms with Crippen molar-refractivity contribution in [2.75, 3.05) is 44.9 Å². The van der Waals surface area contributed by atoms with Gasteiger partial charge in [0.1, 0.15) is 17.7 Å². The first-order chi connectivity index (χ1) is 9.27. The third-order valence-corrected chi connectivity index (χ3v) is 4.40. The third kappa shape index (κ3) is 3.44. The molecule has 1 aliphatic rings. The molecule has 1 atom stereocenters. The Balaban J connectivity index is 2.27. The quantitative estimate of drug-likeness (QED) is 0.793. The summed E-state index contributed by atoms with van der Waals surface area (Å²) in [6.07, 6.45) is 0.866. The third-order valence-electron chi connectivity index (χ3n) is 3.13. The molecule has 1 saturated heterocycles. The van der Waals surface area contributed by atoms with Gasteiger partial charge in [-0.25, -0.2) is 18.4 Å². The number of sulfonamides is 1. The van der Waals surface area contributed by atoms with Gasteiger partial charge in [-0.1, -0.05) is 0 Å². The van der Waals surface area contributed by atoms with E-state index in [2.05, 4.69) is 9.97 Å². The zero-order chi connectivity index (χ0) is 14.9. The maximum Gasteiger partial charge on any atom is 0.211 e. The van der Waals surface area contributed by atoms with Crippen LogP contribution >= 0.6 is 0 Å². The van der Waals surface area contributed by atoms with E-state index in [1.165, 1.54) is 10.6 Å². The molecule has 1 aromatic heterocycles. The standard InChI is InChI=1S/C12H20N4O3S/c1-9-13-10(7-12(14-9)15(2)3)11-8-16(5-6-19-11)20(4,17)18/h7,11H,5-6,8H2,1-4H3. The molecule has 112 valence electrons. The van der Waals surface area contributed by atoms with Gasteiger partial charge in [-0.15, -0.1) is 0 Å². The van der Waals surface area contributed by atoms with Crippen molar-refractivity contribution in [2.24, 2.45) is 0 Å². The van der Waals surface area contributed by atoms with Crippen LogP contribution in [0, 0.1) is 6.92 Å². The number of ether oxygens (including phenoxy) is 1. The Morgan fingerprint density at radius 1 is 1.40 bits per heavy atom. The molecule has 0 N–H and O–H groups in total. The van der Waals surface area contributed by atoms with Crippen LogP contribution in [0.5, 0.6) is 0 Å². The minimum Gasteiger partial charge on any atom is -0.369 e. The summed E-state index contributed by atoms with van der Waals surface area (Å²) in [4.78, 5) is 10.6. The van der Waals surface area contributed by atoms with Crippen LogP contribution in [0.1, 0.15) is 17.6 Å². The second kappa shape index (κ2) is 5.63. The van der Waals surface area contributed by atoms with E-state index in [-0.39, 0.29) is 6.10 Å². The first-order valence-electron chi connectivity index (χ1n) is 6.37. The number of anilines is 1. The van der Waals surface area contributed by atoms with Gasteiger partial charge in [-0.3, -0.25) is 0 Å². The van der Waals surface area contributed by atoms with Gasteiger partial charge < -0.3 is 9.64 Å². The second-order valence-corrected chi connectivity index (χ2v) is 7.06. The maximum atomic E-state index is 11.6. The molecule has 1 aromatic rings. The summed E-state index contributed by atoms with van der Waals surface area (Å²) in [5.74, 6) is 1.43. The van der Waals surface area contributed by atoms with Crippen molar-refractivity contribution in [1.82, 2.24) is 14.3 Å². The number of morpholine rings is 1. The van der Waals surface area contributed by atoms with E-state index in [1.807, 2.05) is 32.0 Å². The first-order valence-corrected chi connectivity index (χ1v) is 8.22. The van der Waals surface area contributed by atoms with Crippen LogP contribution in [0.15, 0.2) is 6.07 Å². The van der Waals surface area contributed by atoms with Crippen LogP contribution in [-0.4, -0.2) is 62.7 Å². The van der Waals surface area contributed by atoms with Crippen LogP contribution in [0.3, 0.4) is 0 Å². The smallest absolute Gasteiger partial charge is 0.211 e. The van der Waals surface area contributed by atoms with E-state index >= 15 is 0 Å². The number of aromatic nitrogens is 2. The fourth-order valence-electron chi connectivity index (χ4n) is 2.07. The van der Waals surface area contributed by atoms with Gasteiger partial charge in [0.15, 0.2) is 0 Å². The molecule has 0 aromatic carbocycles. The largest absolute Gasteiger partial charge is 0.369 e. The number of hydrogen-bond acceptors (Lipinski definition) is 6. The topological polar surface area (TPSA) is 75.6 Å². The molecular formula is C12H20N4O3S. The number of nitrogens with zero attached hydrogens (tertiary/aromatic N) is 4. The van der Waals surface area contributed by atoms with E-state index in [4.69, 9.17) is 4.74 Å². The van der Waals surface area contributed by atoms with Crippen LogP contribution in [0.2, 0.25) is 0 Å². The molecule has 2 rings (SSSR count). The highest BCUT2D eigenvalue weighted by atomic mass is 32.2. The number of aryl methyl sites for hydroxylation is 1. The SMILES string of the molecule is Cc1nc(C2CN(S(C)(=O)=O)CCO2)cc(N(C)C)n1. The fraction of sp³-hybridized carbons (Fsp3) is 0.667. The van der Waals surface area contributed by atoms with Crippen LogP contribution in [0.4, 0.5) is 5.82 Å². The monoisotopic (exact) mass is 300 g/mol. The van der Waals surface area contributed by atoms with E-state index in [0.717, 1.165) is 11.5 Å². The lowest BCUT2D eigenvalue weighted by Gasteiger charge is -2.31. The van der Waals surface area contributed by atoms with Crippen molar-refractivity contribution in [3.05, 3.63) is 17.6 Å². The molecular weight excluding hydrogens is 280 g/mol. The molecule has 0 amide bonds. The second-order valence-electron chi connectivity index (χ2n) is 5.07. The molecule has 0 saturated carbocycles. The van der Waals surface area contributed by atoms with Crippen molar-refractivity contribution < 1.29 is 13.2 Å². The lowest BCUT2D eigenvalue weighted by atomic mass is 10.2.